The summed E-state index contributed by atoms with van der Waals surface area (Å²) in [6.07, 6.45) is 1.11. The molecule has 0 radical (unpaired) electrons. The summed E-state index contributed by atoms with van der Waals surface area (Å²) >= 11 is 0. The fourth-order valence-corrected chi connectivity index (χ4v) is 1.46. The van der Waals surface area contributed by atoms with Gasteiger partial charge in [0, 0.05) is 12.5 Å². The van der Waals surface area contributed by atoms with Gasteiger partial charge in [0.25, 0.3) is 0 Å². The number of carbonyl (C=O) groups excluding carboxylic acids is 1. The van der Waals surface area contributed by atoms with Crippen LogP contribution in [-0.2, 0) is 16.0 Å². The van der Waals surface area contributed by atoms with Crippen molar-refractivity contribution in [1.82, 2.24) is 0 Å². The summed E-state index contributed by atoms with van der Waals surface area (Å²) in [5.74, 6) is -2.94. The van der Waals surface area contributed by atoms with Gasteiger partial charge in [-0.25, -0.2) is 14.4 Å². The Bertz CT molecular complexity index is 532. The van der Waals surface area contributed by atoms with Gasteiger partial charge >= 0.3 is 17.9 Å². The van der Waals surface area contributed by atoms with Crippen molar-refractivity contribution in [3.8, 4) is 0 Å². The van der Waals surface area contributed by atoms with Gasteiger partial charge in [-0.2, -0.15) is 0 Å². The second-order valence-electron chi connectivity index (χ2n) is 3.60. The van der Waals surface area contributed by atoms with E-state index in [9.17, 15) is 14.4 Å². The van der Waals surface area contributed by atoms with Gasteiger partial charge < -0.3 is 14.9 Å². The summed E-state index contributed by atoms with van der Waals surface area (Å²) in [7, 11) is 0. The van der Waals surface area contributed by atoms with E-state index in [2.05, 4.69) is 6.58 Å². The number of rotatable bonds is 6. The van der Waals surface area contributed by atoms with Crippen molar-refractivity contribution < 1.29 is 29.3 Å². The third-order valence-electron chi connectivity index (χ3n) is 2.36. The van der Waals surface area contributed by atoms with E-state index in [0.717, 1.165) is 6.08 Å². The van der Waals surface area contributed by atoms with E-state index in [4.69, 9.17) is 14.9 Å². The average Bonchev–Trinajstić information content (AvgIpc) is 2.37. The van der Waals surface area contributed by atoms with Crippen LogP contribution in [0.4, 0.5) is 0 Å². The smallest absolute Gasteiger partial charge is 0.335 e. The molecule has 0 atom stereocenters. The molecule has 0 saturated heterocycles. The fourth-order valence-electron chi connectivity index (χ4n) is 1.46. The highest BCUT2D eigenvalue weighted by Crippen LogP contribution is 2.13. The van der Waals surface area contributed by atoms with E-state index in [-0.39, 0.29) is 24.2 Å². The van der Waals surface area contributed by atoms with E-state index in [1.807, 2.05) is 0 Å². The molecule has 1 aromatic rings. The minimum absolute atomic E-state index is 0.0142. The van der Waals surface area contributed by atoms with Gasteiger partial charge in [0.15, 0.2) is 0 Å². The van der Waals surface area contributed by atoms with Crippen LogP contribution in [0.2, 0.25) is 0 Å². The Morgan fingerprint density at radius 2 is 1.89 bits per heavy atom. The summed E-state index contributed by atoms with van der Waals surface area (Å²) in [4.78, 5) is 32.6. The molecule has 0 fully saturated rings. The third kappa shape index (κ3) is 3.95. The number of benzene rings is 1. The van der Waals surface area contributed by atoms with Crippen molar-refractivity contribution in [3.05, 3.63) is 47.5 Å². The van der Waals surface area contributed by atoms with E-state index < -0.39 is 17.9 Å². The molecule has 19 heavy (non-hydrogen) atoms. The van der Waals surface area contributed by atoms with Crippen LogP contribution in [0.3, 0.4) is 0 Å². The van der Waals surface area contributed by atoms with E-state index in [1.54, 1.807) is 0 Å². The summed E-state index contributed by atoms with van der Waals surface area (Å²) in [6, 6.07) is 3.69. The summed E-state index contributed by atoms with van der Waals surface area (Å²) < 4.78 is 4.73. The van der Waals surface area contributed by atoms with Gasteiger partial charge in [-0.1, -0.05) is 6.58 Å². The van der Waals surface area contributed by atoms with Gasteiger partial charge in [-0.15, -0.1) is 0 Å². The van der Waals surface area contributed by atoms with Crippen molar-refractivity contribution in [2.24, 2.45) is 0 Å². The molecule has 0 aliphatic rings. The highest BCUT2D eigenvalue weighted by molar-refractivity contribution is 5.93. The normalized spacial score (nSPS) is 9.68. The molecule has 6 nitrogen and oxygen atoms in total. The summed E-state index contributed by atoms with van der Waals surface area (Å²) in [5, 5.41) is 17.8. The number of hydrogen-bond acceptors (Lipinski definition) is 4. The number of carboxylic acids is 2. The van der Waals surface area contributed by atoms with Crippen molar-refractivity contribution in [2.75, 3.05) is 6.61 Å². The molecular formula is C13H12O6. The topological polar surface area (TPSA) is 101 Å². The van der Waals surface area contributed by atoms with Crippen LogP contribution in [0.25, 0.3) is 0 Å². The lowest BCUT2D eigenvalue weighted by molar-refractivity contribution is -0.137. The highest BCUT2D eigenvalue weighted by Gasteiger charge is 2.13. The van der Waals surface area contributed by atoms with Gasteiger partial charge in [-0.05, 0) is 23.8 Å². The Morgan fingerprint density at radius 1 is 1.21 bits per heavy atom. The highest BCUT2D eigenvalue weighted by atomic mass is 16.5. The van der Waals surface area contributed by atoms with Crippen LogP contribution in [0, 0.1) is 0 Å². The van der Waals surface area contributed by atoms with E-state index in [1.165, 1.54) is 18.2 Å². The summed E-state index contributed by atoms with van der Waals surface area (Å²) in [6.45, 7) is 3.18. The molecule has 0 aliphatic carbocycles. The number of hydrogen-bond donors (Lipinski definition) is 2. The molecule has 0 heterocycles. The standard InChI is InChI=1S/C13H12O6/c1-2-11(14)19-6-5-8-7-9(12(15)16)3-4-10(8)13(17)18/h2-4,7H,1,5-6H2,(H,15,16)(H,17,18). The molecule has 0 aromatic heterocycles. The first kappa shape index (κ1) is 14.4. The second kappa shape index (κ2) is 6.34. The molecule has 0 unspecified atom stereocenters. The Labute approximate surface area is 108 Å². The first-order chi connectivity index (χ1) is 8.95. The lowest BCUT2D eigenvalue weighted by atomic mass is 10.0. The third-order valence-corrected chi connectivity index (χ3v) is 2.36. The molecule has 1 rings (SSSR count). The van der Waals surface area contributed by atoms with Crippen LogP contribution in [0.1, 0.15) is 26.3 Å². The Kier molecular flexibility index (Phi) is 4.82. The largest absolute Gasteiger partial charge is 0.478 e. The van der Waals surface area contributed by atoms with Crippen LogP contribution in [0.5, 0.6) is 0 Å². The molecule has 6 heteroatoms. The van der Waals surface area contributed by atoms with Crippen molar-refractivity contribution in [2.45, 2.75) is 6.42 Å². The van der Waals surface area contributed by atoms with Gasteiger partial charge in [-0.3, -0.25) is 0 Å². The zero-order valence-corrected chi connectivity index (χ0v) is 9.96. The SMILES string of the molecule is C=CC(=O)OCCc1cc(C(=O)O)ccc1C(=O)O. The number of aromatic carboxylic acids is 2. The fraction of sp³-hybridized carbons (Fsp3) is 0.154. The molecule has 2 N–H and O–H groups in total. The number of carbonyl (C=O) groups is 3. The average molecular weight is 264 g/mol. The number of esters is 1. The molecule has 0 spiro atoms. The second-order valence-corrected chi connectivity index (χ2v) is 3.60. The molecule has 0 aliphatic heterocycles. The van der Waals surface area contributed by atoms with Crippen molar-refractivity contribution in [1.29, 1.82) is 0 Å². The van der Waals surface area contributed by atoms with Crippen molar-refractivity contribution in [3.63, 3.8) is 0 Å². The molecule has 100 valence electrons. The van der Waals surface area contributed by atoms with Gasteiger partial charge in [0.05, 0.1) is 17.7 Å². The van der Waals surface area contributed by atoms with Gasteiger partial charge in [0.2, 0.25) is 0 Å². The predicted molar refractivity (Wildman–Crippen MR) is 65.2 cm³/mol. The molecule has 0 saturated carbocycles. The lowest BCUT2D eigenvalue weighted by Gasteiger charge is -2.07. The molecular weight excluding hydrogens is 252 g/mol. The van der Waals surface area contributed by atoms with Crippen LogP contribution >= 0.6 is 0 Å². The molecule has 0 bridgehead atoms. The Balaban J connectivity index is 2.91. The predicted octanol–water partition coefficient (Wildman–Crippen LogP) is 1.35. The van der Waals surface area contributed by atoms with E-state index in [0.29, 0.717) is 5.56 Å². The molecule has 1 aromatic carbocycles. The van der Waals surface area contributed by atoms with Crippen molar-refractivity contribution >= 4 is 17.9 Å². The quantitative estimate of drug-likeness (QED) is 0.594. The Hall–Kier alpha value is -2.63. The first-order valence-corrected chi connectivity index (χ1v) is 5.34. The maximum absolute atomic E-state index is 11.0. The Morgan fingerprint density at radius 3 is 2.42 bits per heavy atom. The minimum Gasteiger partial charge on any atom is -0.478 e. The maximum atomic E-state index is 11.0. The molecule has 0 amide bonds. The van der Waals surface area contributed by atoms with Gasteiger partial charge in [0.1, 0.15) is 0 Å². The minimum atomic E-state index is -1.16. The zero-order chi connectivity index (χ0) is 14.4. The lowest BCUT2D eigenvalue weighted by Crippen LogP contribution is -2.10. The maximum Gasteiger partial charge on any atom is 0.335 e. The van der Waals surface area contributed by atoms with Crippen LogP contribution in [0.15, 0.2) is 30.9 Å². The number of carboxylic acid groups (broad SMARTS) is 2. The zero-order valence-electron chi connectivity index (χ0n) is 9.96. The van der Waals surface area contributed by atoms with Crippen LogP contribution in [-0.4, -0.2) is 34.7 Å². The first-order valence-electron chi connectivity index (χ1n) is 5.34. The van der Waals surface area contributed by atoms with Crippen LogP contribution < -0.4 is 0 Å². The number of ether oxygens (including phenoxy) is 1. The monoisotopic (exact) mass is 264 g/mol. The van der Waals surface area contributed by atoms with E-state index >= 15 is 0 Å². The summed E-state index contributed by atoms with van der Waals surface area (Å²) in [5.41, 5.74) is 0.263.